The van der Waals surface area contributed by atoms with Crippen molar-refractivity contribution >= 4 is 9.84 Å². The molecule has 7 nitrogen and oxygen atoms in total. The number of rotatable bonds is 6. The van der Waals surface area contributed by atoms with Crippen molar-refractivity contribution in [3.63, 3.8) is 0 Å². The van der Waals surface area contributed by atoms with E-state index < -0.39 is 9.84 Å². The first-order valence-electron chi connectivity index (χ1n) is 6.59. The summed E-state index contributed by atoms with van der Waals surface area (Å²) in [5.74, 6) is 6.97. The predicted octanol–water partition coefficient (Wildman–Crippen LogP) is -0.503. The van der Waals surface area contributed by atoms with Crippen molar-refractivity contribution in [2.75, 3.05) is 11.5 Å². The van der Waals surface area contributed by atoms with Gasteiger partial charge in [-0.1, -0.05) is 6.92 Å². The maximum atomic E-state index is 11.5. The minimum absolute atomic E-state index is 0.0572. The molecule has 0 amide bonds. The van der Waals surface area contributed by atoms with Crippen LogP contribution in [0.2, 0.25) is 0 Å². The molecule has 1 aromatic heterocycles. The molecule has 2 rings (SSSR count). The largest absolute Gasteiger partial charge is 0.271 e. The van der Waals surface area contributed by atoms with Gasteiger partial charge in [-0.25, -0.2) is 13.4 Å². The maximum absolute atomic E-state index is 11.5. The summed E-state index contributed by atoms with van der Waals surface area (Å²) in [7, 11) is -2.89. The molecule has 2 unspecified atom stereocenters. The molecule has 19 heavy (non-hydrogen) atoms. The van der Waals surface area contributed by atoms with Crippen LogP contribution >= 0.6 is 0 Å². The van der Waals surface area contributed by atoms with Gasteiger partial charge >= 0.3 is 0 Å². The molecule has 0 bridgehead atoms. The van der Waals surface area contributed by atoms with Crippen molar-refractivity contribution in [1.29, 1.82) is 0 Å². The third kappa shape index (κ3) is 3.52. The highest BCUT2D eigenvalue weighted by Crippen LogP contribution is 2.23. The fraction of sp³-hybridized carbons (Fsp3) is 0.818. The van der Waals surface area contributed by atoms with Gasteiger partial charge in [0, 0.05) is 19.0 Å². The quantitative estimate of drug-likeness (QED) is 0.540. The highest BCUT2D eigenvalue weighted by atomic mass is 32.2. The Balaban J connectivity index is 2.05. The zero-order chi connectivity index (χ0) is 13.9. The zero-order valence-electron chi connectivity index (χ0n) is 11.1. The third-order valence-corrected chi connectivity index (χ3v) is 5.38. The van der Waals surface area contributed by atoms with Gasteiger partial charge < -0.3 is 0 Å². The minimum atomic E-state index is -2.89. The lowest BCUT2D eigenvalue weighted by Gasteiger charge is -2.21. The Morgan fingerprint density at radius 3 is 3.00 bits per heavy atom. The summed E-state index contributed by atoms with van der Waals surface area (Å²) in [6.07, 6.45) is 3.79. The normalized spacial score (nSPS) is 23.6. The van der Waals surface area contributed by atoms with E-state index in [0.717, 1.165) is 18.8 Å². The summed E-state index contributed by atoms with van der Waals surface area (Å²) in [5, 5.41) is 4.17. The van der Waals surface area contributed by atoms with Crippen molar-refractivity contribution in [2.24, 2.45) is 11.8 Å². The van der Waals surface area contributed by atoms with E-state index in [0.29, 0.717) is 12.8 Å². The van der Waals surface area contributed by atoms with Crippen molar-refractivity contribution < 1.29 is 8.42 Å². The Bertz CT molecular complexity index is 513. The number of hydrogen-bond donors (Lipinski definition) is 2. The standard InChI is InChI=1S/C11H21N5O2S/c1-2-4-16-11(13-8-14-16)6-10(15-12)9-3-5-19(17,18)7-9/h8-10,15H,2-7,12H2,1H3. The van der Waals surface area contributed by atoms with E-state index in [1.807, 2.05) is 4.68 Å². The van der Waals surface area contributed by atoms with Gasteiger partial charge in [0.05, 0.1) is 11.5 Å². The smallest absolute Gasteiger partial charge is 0.150 e. The Morgan fingerprint density at radius 2 is 2.42 bits per heavy atom. The van der Waals surface area contributed by atoms with Crippen LogP contribution in [-0.4, -0.2) is 40.7 Å². The summed E-state index contributed by atoms with van der Waals surface area (Å²) in [5.41, 5.74) is 2.74. The van der Waals surface area contributed by atoms with Crippen LogP contribution in [0.3, 0.4) is 0 Å². The molecule has 3 N–H and O–H groups in total. The van der Waals surface area contributed by atoms with Crippen LogP contribution in [0, 0.1) is 5.92 Å². The van der Waals surface area contributed by atoms with Gasteiger partial charge in [0.25, 0.3) is 0 Å². The lowest BCUT2D eigenvalue weighted by atomic mass is 9.96. The summed E-state index contributed by atoms with van der Waals surface area (Å²) in [6, 6.07) is -0.0721. The molecule has 1 fully saturated rings. The Morgan fingerprint density at radius 1 is 1.63 bits per heavy atom. The lowest BCUT2D eigenvalue weighted by molar-refractivity contribution is 0.372. The van der Waals surface area contributed by atoms with Gasteiger partial charge in [-0.15, -0.1) is 0 Å². The zero-order valence-corrected chi connectivity index (χ0v) is 11.9. The van der Waals surface area contributed by atoms with E-state index in [9.17, 15) is 8.42 Å². The molecule has 8 heteroatoms. The number of sulfone groups is 1. The highest BCUT2D eigenvalue weighted by Gasteiger charge is 2.33. The first-order valence-corrected chi connectivity index (χ1v) is 8.41. The molecule has 1 aliphatic heterocycles. The number of hydrogen-bond acceptors (Lipinski definition) is 6. The number of hydrazine groups is 1. The van der Waals surface area contributed by atoms with Crippen molar-refractivity contribution in [1.82, 2.24) is 20.2 Å². The molecule has 1 aromatic rings. The fourth-order valence-electron chi connectivity index (χ4n) is 2.54. The molecular weight excluding hydrogens is 266 g/mol. The van der Waals surface area contributed by atoms with Crippen LogP contribution in [0.25, 0.3) is 0 Å². The third-order valence-electron chi connectivity index (χ3n) is 3.58. The first-order chi connectivity index (χ1) is 9.05. The topological polar surface area (TPSA) is 103 Å². The van der Waals surface area contributed by atoms with Gasteiger partial charge in [-0.3, -0.25) is 16.0 Å². The number of nitrogens with zero attached hydrogens (tertiary/aromatic N) is 3. The van der Waals surface area contributed by atoms with E-state index in [1.165, 1.54) is 6.33 Å². The molecule has 2 heterocycles. The van der Waals surface area contributed by atoms with E-state index in [4.69, 9.17) is 5.84 Å². The van der Waals surface area contributed by atoms with Gasteiger partial charge in [0.1, 0.15) is 12.2 Å². The Labute approximate surface area is 113 Å². The van der Waals surface area contributed by atoms with E-state index in [2.05, 4.69) is 22.4 Å². The number of nitrogens with one attached hydrogen (secondary N) is 1. The van der Waals surface area contributed by atoms with Crippen LogP contribution in [-0.2, 0) is 22.8 Å². The molecule has 1 saturated heterocycles. The van der Waals surface area contributed by atoms with Gasteiger partial charge in [0.15, 0.2) is 9.84 Å². The molecule has 0 spiro atoms. The summed E-state index contributed by atoms with van der Waals surface area (Å²) < 4.78 is 24.9. The molecule has 108 valence electrons. The molecule has 0 radical (unpaired) electrons. The monoisotopic (exact) mass is 287 g/mol. The van der Waals surface area contributed by atoms with E-state index >= 15 is 0 Å². The highest BCUT2D eigenvalue weighted by molar-refractivity contribution is 7.91. The second-order valence-corrected chi connectivity index (χ2v) is 7.27. The lowest BCUT2D eigenvalue weighted by Crippen LogP contribution is -2.43. The Kier molecular flexibility index (Phi) is 4.54. The fourth-order valence-corrected chi connectivity index (χ4v) is 4.42. The summed E-state index contributed by atoms with van der Waals surface area (Å²) >= 11 is 0. The van der Waals surface area contributed by atoms with Gasteiger partial charge in [-0.05, 0) is 18.8 Å². The molecular formula is C11H21N5O2S. The molecule has 0 saturated carbocycles. The van der Waals surface area contributed by atoms with Crippen molar-refractivity contribution in [3.05, 3.63) is 12.2 Å². The number of nitrogens with two attached hydrogens (primary N) is 1. The van der Waals surface area contributed by atoms with Crippen molar-refractivity contribution in [3.8, 4) is 0 Å². The summed E-state index contributed by atoms with van der Waals surface area (Å²) in [6.45, 7) is 2.89. The minimum Gasteiger partial charge on any atom is -0.271 e. The second-order valence-electron chi connectivity index (χ2n) is 5.04. The van der Waals surface area contributed by atoms with Crippen LogP contribution < -0.4 is 11.3 Å². The molecule has 1 aliphatic rings. The van der Waals surface area contributed by atoms with Crippen LogP contribution in [0.5, 0.6) is 0 Å². The molecule has 0 aromatic carbocycles. The van der Waals surface area contributed by atoms with E-state index in [-0.39, 0.29) is 23.5 Å². The predicted molar refractivity (Wildman–Crippen MR) is 71.9 cm³/mol. The number of aromatic nitrogens is 3. The van der Waals surface area contributed by atoms with Crippen molar-refractivity contribution in [2.45, 2.75) is 38.8 Å². The van der Waals surface area contributed by atoms with Crippen LogP contribution in [0.4, 0.5) is 0 Å². The molecule has 2 atom stereocenters. The van der Waals surface area contributed by atoms with Gasteiger partial charge in [0.2, 0.25) is 0 Å². The number of aryl methyl sites for hydroxylation is 1. The van der Waals surface area contributed by atoms with Crippen LogP contribution in [0.1, 0.15) is 25.6 Å². The average Bonchev–Trinajstić information content (AvgIpc) is 2.93. The Hall–Kier alpha value is -0.990. The van der Waals surface area contributed by atoms with E-state index in [1.54, 1.807) is 0 Å². The average molecular weight is 287 g/mol. The summed E-state index contributed by atoms with van der Waals surface area (Å²) in [4.78, 5) is 4.24. The second kappa shape index (κ2) is 5.98. The maximum Gasteiger partial charge on any atom is 0.150 e. The van der Waals surface area contributed by atoms with Gasteiger partial charge in [-0.2, -0.15) is 5.10 Å². The SMILES string of the molecule is CCCn1ncnc1CC(NN)C1CCS(=O)(=O)C1. The molecule has 0 aliphatic carbocycles. The first kappa shape index (κ1) is 14.4. The van der Waals surface area contributed by atoms with Crippen LogP contribution in [0.15, 0.2) is 6.33 Å².